The molecule has 1 aromatic heterocycles. The molecule has 2 aliphatic heterocycles. The highest BCUT2D eigenvalue weighted by Crippen LogP contribution is 2.39. The maximum atomic E-state index is 12.5. The summed E-state index contributed by atoms with van der Waals surface area (Å²) in [5, 5.41) is 16.3. The number of esters is 1. The largest absolute Gasteiger partial charge is 0.461 e. The van der Waals surface area contributed by atoms with Gasteiger partial charge in [-0.05, 0) is 11.4 Å². The van der Waals surface area contributed by atoms with Crippen LogP contribution in [0.25, 0.3) is 0 Å². The molecule has 0 radical (unpaired) electrons. The highest BCUT2D eigenvalue weighted by Gasteiger charge is 2.52. The van der Waals surface area contributed by atoms with Gasteiger partial charge in [-0.3, -0.25) is 19.3 Å². The normalized spacial score (nSPS) is 22.2. The van der Waals surface area contributed by atoms with Gasteiger partial charge in [-0.1, -0.05) is 11.2 Å². The van der Waals surface area contributed by atoms with Crippen molar-refractivity contribution in [3.8, 4) is 0 Å². The molecular weight excluding hydrogens is 378 g/mol. The number of β-lactam (4-membered cyclic amide) rings is 1. The molecule has 2 aliphatic rings. The molecule has 0 aliphatic carbocycles. The molecule has 3 rings (SSSR count). The number of carbonyl (C=O) groups excluding carboxylic acids is 3. The van der Waals surface area contributed by atoms with Gasteiger partial charge in [0.25, 0.3) is 5.91 Å². The lowest BCUT2D eigenvalue weighted by atomic mass is 10.0. The number of nitrogens with one attached hydrogen (secondary N) is 1. The molecule has 0 unspecified atom stereocenters. The summed E-state index contributed by atoms with van der Waals surface area (Å²) in [7, 11) is 0. The fourth-order valence-corrected chi connectivity index (χ4v) is 4.81. The minimum atomic E-state index is -0.621. The Morgan fingerprint density at radius 1 is 1.54 bits per heavy atom. The van der Waals surface area contributed by atoms with Gasteiger partial charge >= 0.3 is 5.97 Å². The number of allylic oxidation sites excluding steroid dienone is 1. The minimum Gasteiger partial charge on any atom is -0.461 e. The lowest BCUT2D eigenvalue weighted by molar-refractivity contribution is -0.145. The van der Waals surface area contributed by atoms with Crippen molar-refractivity contribution in [1.29, 1.82) is 0 Å². The Morgan fingerprint density at radius 3 is 3.00 bits per heavy atom. The van der Waals surface area contributed by atoms with Gasteiger partial charge in [-0.2, -0.15) is 0 Å². The second-order valence-corrected chi connectivity index (χ2v) is 7.86. The third-order valence-corrected chi connectivity index (χ3v) is 6.17. The van der Waals surface area contributed by atoms with Crippen molar-refractivity contribution in [2.75, 3.05) is 12.4 Å². The van der Waals surface area contributed by atoms with Crippen molar-refractivity contribution in [1.82, 2.24) is 10.2 Å². The Balaban J connectivity index is 1.68. The van der Waals surface area contributed by atoms with Gasteiger partial charge in [0.05, 0.1) is 18.3 Å². The SMILES string of the molecule is CC(=O)OCC1=C(/C=N/O)N2C(=O)[C@@H](NC(=O)Cc3cccs3)[C@H]2SC1. The molecule has 3 heterocycles. The Kier molecular flexibility index (Phi) is 5.62. The number of thioether (sulfide) groups is 1. The van der Waals surface area contributed by atoms with E-state index in [-0.39, 0.29) is 30.2 Å². The average Bonchev–Trinajstić information content (AvgIpc) is 3.11. The molecule has 1 aromatic rings. The van der Waals surface area contributed by atoms with E-state index in [2.05, 4.69) is 10.5 Å². The molecule has 8 nitrogen and oxygen atoms in total. The van der Waals surface area contributed by atoms with E-state index < -0.39 is 12.0 Å². The standard InChI is InChI=1S/C16H17N3O5S2/c1-9(20)24-7-10-8-26-16-14(15(22)19(16)12(10)6-17-23)18-13(21)5-11-3-2-4-25-11/h2-4,6,14,16,23H,5,7-8H2,1H3,(H,18,21)/b17-6+/t14-,16-/m1/s1. The zero-order valence-electron chi connectivity index (χ0n) is 13.9. The average molecular weight is 395 g/mol. The number of rotatable bonds is 6. The summed E-state index contributed by atoms with van der Waals surface area (Å²) in [6, 6.07) is 3.12. The van der Waals surface area contributed by atoms with Crippen LogP contribution in [-0.4, -0.2) is 57.9 Å². The molecule has 0 spiro atoms. The van der Waals surface area contributed by atoms with Crippen LogP contribution < -0.4 is 5.32 Å². The summed E-state index contributed by atoms with van der Waals surface area (Å²) >= 11 is 2.95. The lowest BCUT2D eigenvalue weighted by Gasteiger charge is -2.49. The molecule has 138 valence electrons. The zero-order valence-corrected chi connectivity index (χ0v) is 15.5. The van der Waals surface area contributed by atoms with Crippen LogP contribution in [0.4, 0.5) is 0 Å². The van der Waals surface area contributed by atoms with Crippen molar-refractivity contribution in [2.24, 2.45) is 5.16 Å². The van der Waals surface area contributed by atoms with Crippen LogP contribution >= 0.6 is 23.1 Å². The van der Waals surface area contributed by atoms with Crippen molar-refractivity contribution < 1.29 is 24.3 Å². The monoisotopic (exact) mass is 395 g/mol. The topological polar surface area (TPSA) is 108 Å². The number of thiophene rings is 1. The van der Waals surface area contributed by atoms with Crippen molar-refractivity contribution >= 4 is 47.1 Å². The molecule has 10 heteroatoms. The van der Waals surface area contributed by atoms with Crippen LogP contribution in [-0.2, 0) is 25.5 Å². The predicted molar refractivity (Wildman–Crippen MR) is 97.0 cm³/mol. The minimum absolute atomic E-state index is 0.0234. The maximum Gasteiger partial charge on any atom is 0.302 e. The number of carbonyl (C=O) groups is 3. The molecule has 2 amide bonds. The fourth-order valence-electron chi connectivity index (χ4n) is 2.76. The van der Waals surface area contributed by atoms with E-state index >= 15 is 0 Å². The highest BCUT2D eigenvalue weighted by molar-refractivity contribution is 8.00. The van der Waals surface area contributed by atoms with Gasteiger partial charge in [0.15, 0.2) is 0 Å². The molecule has 0 aromatic carbocycles. The number of nitrogens with zero attached hydrogens (tertiary/aromatic N) is 2. The summed E-state index contributed by atoms with van der Waals surface area (Å²) in [6.45, 7) is 1.32. The van der Waals surface area contributed by atoms with Gasteiger partial charge in [0.1, 0.15) is 18.0 Å². The fraction of sp³-hybridized carbons (Fsp3) is 0.375. The molecular formula is C16H17N3O5S2. The number of hydrogen-bond acceptors (Lipinski definition) is 8. The van der Waals surface area contributed by atoms with Crippen LogP contribution in [0.15, 0.2) is 33.9 Å². The molecule has 2 atom stereocenters. The van der Waals surface area contributed by atoms with Crippen LogP contribution in [0.1, 0.15) is 11.8 Å². The smallest absolute Gasteiger partial charge is 0.302 e. The first-order valence-electron chi connectivity index (χ1n) is 7.80. The maximum absolute atomic E-state index is 12.5. The van der Waals surface area contributed by atoms with E-state index in [1.54, 1.807) is 0 Å². The van der Waals surface area contributed by atoms with Crippen molar-refractivity contribution in [2.45, 2.75) is 24.8 Å². The first-order valence-corrected chi connectivity index (χ1v) is 9.73. The Labute approximate surface area is 157 Å². The third-order valence-electron chi connectivity index (χ3n) is 3.95. The van der Waals surface area contributed by atoms with Crippen LogP contribution in [0, 0.1) is 0 Å². The summed E-state index contributed by atoms with van der Waals surface area (Å²) in [6.07, 6.45) is 1.39. The van der Waals surface area contributed by atoms with Gasteiger partial charge in [-0.25, -0.2) is 0 Å². The van der Waals surface area contributed by atoms with Gasteiger partial charge in [0.2, 0.25) is 5.91 Å². The first kappa shape index (κ1) is 18.5. The van der Waals surface area contributed by atoms with Crippen LogP contribution in [0.3, 0.4) is 0 Å². The van der Waals surface area contributed by atoms with E-state index in [1.807, 2.05) is 17.5 Å². The van der Waals surface area contributed by atoms with Gasteiger partial charge < -0.3 is 15.3 Å². The van der Waals surface area contributed by atoms with Gasteiger partial charge in [0, 0.05) is 23.1 Å². The third kappa shape index (κ3) is 3.75. The van der Waals surface area contributed by atoms with E-state index in [1.165, 1.54) is 34.9 Å². The van der Waals surface area contributed by atoms with Crippen LogP contribution in [0.5, 0.6) is 0 Å². The number of ether oxygens (including phenoxy) is 1. The highest BCUT2D eigenvalue weighted by atomic mass is 32.2. The predicted octanol–water partition coefficient (Wildman–Crippen LogP) is 0.968. The van der Waals surface area contributed by atoms with E-state index in [0.29, 0.717) is 17.0 Å². The zero-order chi connectivity index (χ0) is 18.7. The van der Waals surface area contributed by atoms with Crippen molar-refractivity contribution in [3.05, 3.63) is 33.7 Å². The summed E-state index contributed by atoms with van der Waals surface area (Å²) in [4.78, 5) is 38.1. The van der Waals surface area contributed by atoms with E-state index in [9.17, 15) is 14.4 Å². The molecule has 0 bridgehead atoms. The van der Waals surface area contributed by atoms with Crippen LogP contribution in [0.2, 0.25) is 0 Å². The second-order valence-electron chi connectivity index (χ2n) is 5.72. The number of hydrogen-bond donors (Lipinski definition) is 2. The molecule has 1 saturated heterocycles. The summed E-state index contributed by atoms with van der Waals surface area (Å²) < 4.78 is 4.99. The Bertz CT molecular complexity index is 775. The quantitative estimate of drug-likeness (QED) is 0.244. The van der Waals surface area contributed by atoms with E-state index in [0.717, 1.165) is 11.1 Å². The van der Waals surface area contributed by atoms with Gasteiger partial charge in [-0.15, -0.1) is 23.1 Å². The summed E-state index contributed by atoms with van der Waals surface area (Å²) in [5.41, 5.74) is 1.09. The van der Waals surface area contributed by atoms with E-state index in [4.69, 9.17) is 9.94 Å². The Morgan fingerprint density at radius 2 is 2.35 bits per heavy atom. The molecule has 1 fully saturated rings. The number of amides is 2. The molecule has 26 heavy (non-hydrogen) atoms. The first-order chi connectivity index (χ1) is 12.5. The molecule has 2 N–H and O–H groups in total. The second kappa shape index (κ2) is 7.92. The Hall–Kier alpha value is -2.33. The molecule has 0 saturated carbocycles. The number of oxime groups is 1. The summed E-state index contributed by atoms with van der Waals surface area (Å²) in [5.74, 6) is -0.422. The van der Waals surface area contributed by atoms with Crippen molar-refractivity contribution in [3.63, 3.8) is 0 Å². The lowest BCUT2D eigenvalue weighted by Crippen LogP contribution is -2.70. The number of fused-ring (bicyclic) bond motifs is 1.